The topological polar surface area (TPSA) is 115 Å². The number of nitrogens with two attached hydrogens (primary N) is 1. The van der Waals surface area contributed by atoms with Crippen molar-refractivity contribution in [3.05, 3.63) is 18.0 Å². The van der Waals surface area contributed by atoms with Crippen molar-refractivity contribution in [1.29, 1.82) is 0 Å². The summed E-state index contributed by atoms with van der Waals surface area (Å²) < 4.78 is 35.4. The van der Waals surface area contributed by atoms with Crippen LogP contribution in [0, 0.1) is 0 Å². The third kappa shape index (κ3) is 2.65. The first-order valence-electron chi connectivity index (χ1n) is 6.49. The molecule has 3 rings (SSSR count). The molecule has 1 saturated carbocycles. The number of aromatic nitrogens is 2. The van der Waals surface area contributed by atoms with Crippen molar-refractivity contribution in [3.63, 3.8) is 0 Å². The van der Waals surface area contributed by atoms with Crippen LogP contribution in [0.25, 0.3) is 11.7 Å². The Labute approximate surface area is 134 Å². The zero-order chi connectivity index (χ0) is 15.3. The molecule has 2 N–H and O–H groups in total. The van der Waals surface area contributed by atoms with E-state index in [2.05, 4.69) is 10.1 Å². The molecule has 2 aromatic rings. The molecule has 0 spiro atoms. The van der Waals surface area contributed by atoms with E-state index in [0.29, 0.717) is 5.82 Å². The Morgan fingerprint density at radius 1 is 1.32 bits per heavy atom. The molecule has 0 unspecified atom stereocenters. The monoisotopic (exact) mass is 348 g/mol. The van der Waals surface area contributed by atoms with Gasteiger partial charge in [-0.1, -0.05) is 5.16 Å². The normalized spacial score (nSPS) is 17.1. The van der Waals surface area contributed by atoms with Gasteiger partial charge in [0.1, 0.15) is 0 Å². The van der Waals surface area contributed by atoms with Crippen LogP contribution in [0.4, 0.5) is 0 Å². The number of hydrogen-bond acceptors (Lipinski definition) is 7. The maximum Gasteiger partial charge on any atom is 0.293 e. The molecule has 0 aromatic carbocycles. The first-order chi connectivity index (χ1) is 9.83. The van der Waals surface area contributed by atoms with Crippen molar-refractivity contribution in [2.75, 3.05) is 14.1 Å². The highest BCUT2D eigenvalue weighted by Gasteiger charge is 2.39. The molecular formula is C12H17ClN4O4S. The zero-order valence-corrected chi connectivity index (χ0v) is 13.8. The van der Waals surface area contributed by atoms with E-state index in [1.54, 1.807) is 0 Å². The lowest BCUT2D eigenvalue weighted by Gasteiger charge is -2.34. The second kappa shape index (κ2) is 5.65. The smallest absolute Gasteiger partial charge is 0.293 e. The van der Waals surface area contributed by atoms with E-state index in [4.69, 9.17) is 14.7 Å². The fourth-order valence-corrected chi connectivity index (χ4v) is 2.86. The van der Waals surface area contributed by atoms with Crippen molar-refractivity contribution in [2.45, 2.75) is 29.9 Å². The third-order valence-electron chi connectivity index (χ3n) is 3.64. The lowest BCUT2D eigenvalue weighted by Crippen LogP contribution is -2.44. The third-order valence-corrected chi connectivity index (χ3v) is 5.33. The molecule has 1 fully saturated rings. The molecular weight excluding hydrogens is 332 g/mol. The van der Waals surface area contributed by atoms with E-state index in [0.717, 1.165) is 23.6 Å². The highest BCUT2D eigenvalue weighted by Crippen LogP contribution is 2.37. The number of hydrogen-bond donors (Lipinski definition) is 1. The van der Waals surface area contributed by atoms with Crippen molar-refractivity contribution in [2.24, 2.45) is 5.73 Å². The molecule has 0 bridgehead atoms. The van der Waals surface area contributed by atoms with Gasteiger partial charge in [-0.25, -0.2) is 12.7 Å². The first-order valence-corrected chi connectivity index (χ1v) is 7.93. The lowest BCUT2D eigenvalue weighted by molar-refractivity contribution is 0.229. The van der Waals surface area contributed by atoms with E-state index in [9.17, 15) is 8.42 Å². The van der Waals surface area contributed by atoms with Gasteiger partial charge in [0, 0.05) is 14.1 Å². The second-order valence-electron chi connectivity index (χ2n) is 5.34. The van der Waals surface area contributed by atoms with Gasteiger partial charge in [-0.3, -0.25) is 0 Å². The summed E-state index contributed by atoms with van der Waals surface area (Å²) >= 11 is 0. The van der Waals surface area contributed by atoms with E-state index >= 15 is 0 Å². The summed E-state index contributed by atoms with van der Waals surface area (Å²) in [5.74, 6) is 0.760. The van der Waals surface area contributed by atoms with Gasteiger partial charge in [0.15, 0.2) is 11.6 Å². The largest absolute Gasteiger partial charge is 0.438 e. The predicted octanol–water partition coefficient (Wildman–Crippen LogP) is 1.34. The maximum atomic E-state index is 11.9. The van der Waals surface area contributed by atoms with Crippen LogP contribution in [0.5, 0.6) is 0 Å². The van der Waals surface area contributed by atoms with E-state index in [-0.39, 0.29) is 29.2 Å². The van der Waals surface area contributed by atoms with Crippen LogP contribution in [0.2, 0.25) is 0 Å². The van der Waals surface area contributed by atoms with E-state index in [1.807, 2.05) is 0 Å². The Morgan fingerprint density at radius 3 is 2.55 bits per heavy atom. The van der Waals surface area contributed by atoms with Crippen LogP contribution >= 0.6 is 12.4 Å². The highest BCUT2D eigenvalue weighted by molar-refractivity contribution is 7.88. The molecule has 0 saturated heterocycles. The predicted molar refractivity (Wildman–Crippen MR) is 79.8 cm³/mol. The quantitative estimate of drug-likeness (QED) is 0.886. The SMILES string of the molecule is CN(C)S(=O)(=O)c1ccc(-c2nc(C3(N)CCC3)no2)o1.Cl. The number of furan rings is 1. The number of nitrogens with zero attached hydrogens (tertiary/aromatic N) is 3. The molecule has 0 radical (unpaired) electrons. The highest BCUT2D eigenvalue weighted by atomic mass is 35.5. The van der Waals surface area contributed by atoms with Gasteiger partial charge in [0.25, 0.3) is 15.9 Å². The average molecular weight is 349 g/mol. The summed E-state index contributed by atoms with van der Waals surface area (Å²) in [4.78, 5) is 4.21. The molecule has 0 amide bonds. The first kappa shape index (κ1) is 16.9. The summed E-state index contributed by atoms with van der Waals surface area (Å²) in [5.41, 5.74) is 5.58. The van der Waals surface area contributed by atoms with Crippen LogP contribution in [0.15, 0.2) is 26.2 Å². The van der Waals surface area contributed by atoms with Gasteiger partial charge in [-0.15, -0.1) is 12.4 Å². The number of halogens is 1. The van der Waals surface area contributed by atoms with Crippen LogP contribution in [0.1, 0.15) is 25.1 Å². The Balaban J connectivity index is 0.00000176. The molecule has 10 heteroatoms. The Bertz CT molecular complexity index is 764. The Morgan fingerprint density at radius 2 is 2.00 bits per heavy atom. The summed E-state index contributed by atoms with van der Waals surface area (Å²) in [6.07, 6.45) is 2.65. The fourth-order valence-electron chi connectivity index (χ4n) is 2.06. The molecule has 1 aliphatic rings. The summed E-state index contributed by atoms with van der Waals surface area (Å²) in [5, 5.41) is 3.69. The summed E-state index contributed by atoms with van der Waals surface area (Å²) in [6, 6.07) is 2.84. The molecule has 2 aromatic heterocycles. The Hall–Kier alpha value is -1.42. The zero-order valence-electron chi connectivity index (χ0n) is 12.1. The molecule has 1 aliphatic carbocycles. The minimum atomic E-state index is -3.63. The molecule has 8 nitrogen and oxygen atoms in total. The molecule has 22 heavy (non-hydrogen) atoms. The number of rotatable bonds is 4. The molecule has 2 heterocycles. The molecule has 0 aliphatic heterocycles. The van der Waals surface area contributed by atoms with Crippen LogP contribution in [0.3, 0.4) is 0 Å². The van der Waals surface area contributed by atoms with Crippen LogP contribution < -0.4 is 5.73 Å². The summed E-state index contributed by atoms with van der Waals surface area (Å²) in [7, 11) is -0.772. The van der Waals surface area contributed by atoms with Crippen molar-refractivity contribution < 1.29 is 17.4 Å². The average Bonchev–Trinajstić information content (AvgIpc) is 3.04. The van der Waals surface area contributed by atoms with Gasteiger partial charge in [0.2, 0.25) is 5.09 Å². The minimum Gasteiger partial charge on any atom is -0.438 e. The Kier molecular flexibility index (Phi) is 4.35. The summed E-state index contributed by atoms with van der Waals surface area (Å²) in [6.45, 7) is 0. The van der Waals surface area contributed by atoms with Gasteiger partial charge >= 0.3 is 0 Å². The van der Waals surface area contributed by atoms with Crippen LogP contribution in [-0.4, -0.2) is 37.0 Å². The van der Waals surface area contributed by atoms with Crippen molar-refractivity contribution in [1.82, 2.24) is 14.4 Å². The van der Waals surface area contributed by atoms with E-state index < -0.39 is 15.6 Å². The molecule has 122 valence electrons. The van der Waals surface area contributed by atoms with Gasteiger partial charge < -0.3 is 14.7 Å². The number of sulfonamides is 1. The fraction of sp³-hybridized carbons (Fsp3) is 0.500. The standard InChI is InChI=1S/C12H16N4O4S.ClH/c1-16(2)21(17,18)9-5-4-8(19-9)10-14-11(15-20-10)12(13)6-3-7-12;/h4-5H,3,6-7,13H2,1-2H3;1H. The molecule has 0 atom stereocenters. The van der Waals surface area contributed by atoms with Gasteiger partial charge in [-0.2, -0.15) is 4.98 Å². The lowest BCUT2D eigenvalue weighted by atomic mass is 9.77. The van der Waals surface area contributed by atoms with Gasteiger partial charge in [-0.05, 0) is 31.4 Å². The van der Waals surface area contributed by atoms with Crippen molar-refractivity contribution in [3.8, 4) is 11.7 Å². The van der Waals surface area contributed by atoms with Gasteiger partial charge in [0.05, 0.1) is 5.54 Å². The maximum absolute atomic E-state index is 11.9. The van der Waals surface area contributed by atoms with Crippen LogP contribution in [-0.2, 0) is 15.6 Å². The van der Waals surface area contributed by atoms with E-state index in [1.165, 1.54) is 26.2 Å². The minimum absolute atomic E-state index is 0. The second-order valence-corrected chi connectivity index (χ2v) is 7.42. The van der Waals surface area contributed by atoms with Crippen molar-refractivity contribution >= 4 is 22.4 Å².